The molecule has 0 saturated carbocycles. The number of aliphatic hydroxyl groups is 1. The van der Waals surface area contributed by atoms with Gasteiger partial charge in [-0.25, -0.2) is 4.79 Å². The van der Waals surface area contributed by atoms with Crippen molar-refractivity contribution in [1.82, 2.24) is 10.2 Å². The van der Waals surface area contributed by atoms with Gasteiger partial charge in [0.25, 0.3) is 0 Å². The fourth-order valence-corrected chi connectivity index (χ4v) is 1.60. The van der Waals surface area contributed by atoms with Crippen LogP contribution in [-0.2, 0) is 6.54 Å². The Hall–Kier alpha value is -1.55. The molecule has 1 aromatic rings. The van der Waals surface area contributed by atoms with Crippen molar-refractivity contribution < 1.29 is 9.90 Å². The minimum absolute atomic E-state index is 0.0204. The summed E-state index contributed by atoms with van der Waals surface area (Å²) in [6.45, 7) is 4.92. The van der Waals surface area contributed by atoms with E-state index >= 15 is 0 Å². The summed E-state index contributed by atoms with van der Waals surface area (Å²) in [5.74, 6) is 0. The second-order valence-corrected chi connectivity index (χ2v) is 4.23. The lowest BCUT2D eigenvalue weighted by Crippen LogP contribution is -2.38. The van der Waals surface area contributed by atoms with Crippen molar-refractivity contribution in [2.75, 3.05) is 20.2 Å². The molecule has 0 heterocycles. The zero-order valence-corrected chi connectivity index (χ0v) is 10.7. The first-order valence-electron chi connectivity index (χ1n) is 5.70. The third kappa shape index (κ3) is 4.07. The molecule has 1 rings (SSSR count). The number of carbonyl (C=O) groups is 1. The molecule has 0 fully saturated rings. The summed E-state index contributed by atoms with van der Waals surface area (Å²) in [4.78, 5) is 13.1. The van der Waals surface area contributed by atoms with Gasteiger partial charge in [0.1, 0.15) is 0 Å². The maximum atomic E-state index is 11.6. The fourth-order valence-electron chi connectivity index (χ4n) is 1.60. The highest BCUT2D eigenvalue weighted by Gasteiger charge is 2.07. The molecule has 4 heteroatoms. The average molecular weight is 236 g/mol. The number of aliphatic hydroxyl groups excluding tert-OH is 1. The molecule has 17 heavy (non-hydrogen) atoms. The van der Waals surface area contributed by atoms with Crippen LogP contribution in [0.15, 0.2) is 18.2 Å². The van der Waals surface area contributed by atoms with E-state index in [0.29, 0.717) is 13.1 Å². The summed E-state index contributed by atoms with van der Waals surface area (Å²) in [7, 11) is 1.66. The molecule has 4 nitrogen and oxygen atoms in total. The Morgan fingerprint density at radius 2 is 2.12 bits per heavy atom. The summed E-state index contributed by atoms with van der Waals surface area (Å²) in [5.41, 5.74) is 3.51. The molecule has 0 aliphatic carbocycles. The van der Waals surface area contributed by atoms with Crippen LogP contribution >= 0.6 is 0 Å². The monoisotopic (exact) mass is 236 g/mol. The maximum Gasteiger partial charge on any atom is 0.317 e. The lowest BCUT2D eigenvalue weighted by Gasteiger charge is -2.17. The normalized spacial score (nSPS) is 10.1. The molecule has 0 aromatic heterocycles. The van der Waals surface area contributed by atoms with Crippen LogP contribution in [0.3, 0.4) is 0 Å². The van der Waals surface area contributed by atoms with E-state index in [1.165, 1.54) is 16.0 Å². The van der Waals surface area contributed by atoms with Crippen molar-refractivity contribution in [2.45, 2.75) is 20.4 Å². The van der Waals surface area contributed by atoms with Gasteiger partial charge >= 0.3 is 6.03 Å². The van der Waals surface area contributed by atoms with Crippen LogP contribution in [0.4, 0.5) is 4.79 Å². The lowest BCUT2D eigenvalue weighted by molar-refractivity contribution is 0.190. The van der Waals surface area contributed by atoms with E-state index in [9.17, 15) is 4.79 Å². The van der Waals surface area contributed by atoms with Crippen LogP contribution in [-0.4, -0.2) is 36.2 Å². The quantitative estimate of drug-likeness (QED) is 0.831. The van der Waals surface area contributed by atoms with E-state index in [4.69, 9.17) is 5.11 Å². The standard InChI is InChI=1S/C13H20N2O2/c1-10-4-5-12(11(2)8-10)9-14-13(17)15(3)6-7-16/h4-5,8,16H,6-7,9H2,1-3H3,(H,14,17). The van der Waals surface area contributed by atoms with Gasteiger partial charge in [0.05, 0.1) is 6.61 Å². The minimum Gasteiger partial charge on any atom is -0.395 e. The highest BCUT2D eigenvalue weighted by molar-refractivity contribution is 5.73. The molecular formula is C13H20N2O2. The number of urea groups is 1. The van der Waals surface area contributed by atoms with Crippen LogP contribution in [0.1, 0.15) is 16.7 Å². The van der Waals surface area contributed by atoms with Gasteiger partial charge in [-0.2, -0.15) is 0 Å². The number of nitrogens with zero attached hydrogens (tertiary/aromatic N) is 1. The highest BCUT2D eigenvalue weighted by atomic mass is 16.3. The average Bonchev–Trinajstić information content (AvgIpc) is 2.27. The fraction of sp³-hybridized carbons (Fsp3) is 0.462. The summed E-state index contributed by atoms with van der Waals surface area (Å²) in [5, 5.41) is 11.5. The summed E-state index contributed by atoms with van der Waals surface area (Å²) in [6, 6.07) is 5.99. The van der Waals surface area contributed by atoms with Gasteiger partial charge < -0.3 is 15.3 Å². The molecular weight excluding hydrogens is 216 g/mol. The Labute approximate surface area is 102 Å². The zero-order valence-electron chi connectivity index (χ0n) is 10.7. The Morgan fingerprint density at radius 1 is 1.41 bits per heavy atom. The van der Waals surface area contributed by atoms with Crippen LogP contribution in [0.5, 0.6) is 0 Å². The molecule has 0 saturated heterocycles. The minimum atomic E-state index is -0.168. The molecule has 0 aliphatic rings. The van der Waals surface area contributed by atoms with Crippen LogP contribution in [0.25, 0.3) is 0 Å². The van der Waals surface area contributed by atoms with Crippen molar-refractivity contribution in [3.8, 4) is 0 Å². The van der Waals surface area contributed by atoms with E-state index in [-0.39, 0.29) is 12.6 Å². The number of aryl methyl sites for hydroxylation is 2. The summed E-state index contributed by atoms with van der Waals surface area (Å²) < 4.78 is 0. The van der Waals surface area contributed by atoms with Crippen molar-refractivity contribution >= 4 is 6.03 Å². The topological polar surface area (TPSA) is 52.6 Å². The smallest absolute Gasteiger partial charge is 0.317 e. The van der Waals surface area contributed by atoms with Gasteiger partial charge in [-0.15, -0.1) is 0 Å². The molecule has 2 N–H and O–H groups in total. The third-order valence-electron chi connectivity index (χ3n) is 2.71. The first-order valence-corrected chi connectivity index (χ1v) is 5.70. The van der Waals surface area contributed by atoms with Crippen molar-refractivity contribution in [3.05, 3.63) is 34.9 Å². The Balaban J connectivity index is 2.53. The number of nitrogens with one attached hydrogen (secondary N) is 1. The van der Waals surface area contributed by atoms with E-state index in [0.717, 1.165) is 5.56 Å². The van der Waals surface area contributed by atoms with E-state index in [1.54, 1.807) is 7.05 Å². The first-order chi connectivity index (χ1) is 8.04. The molecule has 94 valence electrons. The predicted molar refractivity (Wildman–Crippen MR) is 67.9 cm³/mol. The third-order valence-corrected chi connectivity index (χ3v) is 2.71. The number of carbonyl (C=O) groups excluding carboxylic acids is 1. The predicted octanol–water partition coefficient (Wildman–Crippen LogP) is 1.44. The molecule has 0 bridgehead atoms. The van der Waals surface area contributed by atoms with Gasteiger partial charge in [-0.1, -0.05) is 23.8 Å². The molecule has 2 amide bonds. The largest absolute Gasteiger partial charge is 0.395 e. The van der Waals surface area contributed by atoms with E-state index in [2.05, 4.69) is 11.4 Å². The lowest BCUT2D eigenvalue weighted by atomic mass is 10.1. The second-order valence-electron chi connectivity index (χ2n) is 4.23. The van der Waals surface area contributed by atoms with Crippen molar-refractivity contribution in [1.29, 1.82) is 0 Å². The van der Waals surface area contributed by atoms with Crippen LogP contribution in [0, 0.1) is 13.8 Å². The number of hydrogen-bond donors (Lipinski definition) is 2. The number of likely N-dealkylation sites (N-methyl/N-ethyl adjacent to an activating group) is 1. The number of amides is 2. The van der Waals surface area contributed by atoms with Crippen LogP contribution < -0.4 is 5.32 Å². The maximum absolute atomic E-state index is 11.6. The number of hydrogen-bond acceptors (Lipinski definition) is 2. The van der Waals surface area contributed by atoms with E-state index in [1.807, 2.05) is 26.0 Å². The van der Waals surface area contributed by atoms with Gasteiger partial charge in [-0.05, 0) is 25.0 Å². The van der Waals surface area contributed by atoms with Crippen molar-refractivity contribution in [3.63, 3.8) is 0 Å². The highest BCUT2D eigenvalue weighted by Crippen LogP contribution is 2.10. The zero-order chi connectivity index (χ0) is 12.8. The van der Waals surface area contributed by atoms with Gasteiger partial charge in [0.2, 0.25) is 0 Å². The van der Waals surface area contributed by atoms with E-state index < -0.39 is 0 Å². The number of benzene rings is 1. The summed E-state index contributed by atoms with van der Waals surface area (Å²) >= 11 is 0. The molecule has 0 unspecified atom stereocenters. The molecule has 0 aliphatic heterocycles. The first kappa shape index (κ1) is 13.5. The molecule has 1 aromatic carbocycles. The van der Waals surface area contributed by atoms with Gasteiger partial charge in [-0.3, -0.25) is 0 Å². The SMILES string of the molecule is Cc1ccc(CNC(=O)N(C)CCO)c(C)c1. The Morgan fingerprint density at radius 3 is 2.71 bits per heavy atom. The van der Waals surface area contributed by atoms with Gasteiger partial charge in [0, 0.05) is 20.1 Å². The Kier molecular flexibility index (Phi) is 4.97. The second kappa shape index (κ2) is 6.25. The van der Waals surface area contributed by atoms with Crippen LogP contribution in [0.2, 0.25) is 0 Å². The molecule has 0 spiro atoms. The Bertz CT molecular complexity index is 391. The van der Waals surface area contributed by atoms with Gasteiger partial charge in [0.15, 0.2) is 0 Å². The number of rotatable bonds is 4. The molecule has 0 atom stereocenters. The molecule has 0 radical (unpaired) electrons. The van der Waals surface area contributed by atoms with Crippen molar-refractivity contribution in [2.24, 2.45) is 0 Å². The summed E-state index contributed by atoms with van der Waals surface area (Å²) in [6.07, 6.45) is 0.